The molecule has 5 rings (SSSR count). The number of nitrogens with one attached hydrogen (secondary N) is 2. The van der Waals surface area contributed by atoms with Gasteiger partial charge in [-0.05, 0) is 66.6 Å². The molecule has 7 heteroatoms. The van der Waals surface area contributed by atoms with E-state index in [1.54, 1.807) is 0 Å². The number of anilines is 1. The highest BCUT2D eigenvalue weighted by Crippen LogP contribution is 2.42. The molecule has 5 atom stereocenters. The Labute approximate surface area is 248 Å². The average molecular weight is 568 g/mol. The summed E-state index contributed by atoms with van der Waals surface area (Å²) in [5.74, 6) is 0.0751. The van der Waals surface area contributed by atoms with E-state index in [-0.39, 0.29) is 36.8 Å². The summed E-state index contributed by atoms with van der Waals surface area (Å²) >= 11 is 0. The number of rotatable bonds is 9. The van der Waals surface area contributed by atoms with Crippen LogP contribution >= 0.6 is 0 Å². The second-order valence-electron chi connectivity index (χ2n) is 11.2. The van der Waals surface area contributed by atoms with E-state index in [1.807, 2.05) is 55.5 Å². The van der Waals surface area contributed by atoms with Crippen LogP contribution in [-0.2, 0) is 16.1 Å². The summed E-state index contributed by atoms with van der Waals surface area (Å²) in [6.07, 6.45) is -0.872. The monoisotopic (exact) mass is 567 g/mol. The molecule has 1 heterocycles. The van der Waals surface area contributed by atoms with Crippen LogP contribution in [0.2, 0.25) is 0 Å². The quantitative estimate of drug-likeness (QED) is 0.204. The minimum Gasteiger partial charge on any atom is -0.392 e. The second kappa shape index (κ2) is 13.5. The molecule has 2 amide bonds. The molecule has 1 saturated heterocycles. The summed E-state index contributed by atoms with van der Waals surface area (Å²) in [6, 6.07) is 30.6. The first-order valence-electron chi connectivity index (χ1n) is 14.7. The molecule has 1 fully saturated rings. The van der Waals surface area contributed by atoms with Crippen molar-refractivity contribution in [1.82, 2.24) is 10.2 Å². The lowest BCUT2D eigenvalue weighted by atomic mass is 9.89. The lowest BCUT2D eigenvalue weighted by Crippen LogP contribution is -2.44. The Hall–Kier alpha value is -3.75. The van der Waals surface area contributed by atoms with Crippen molar-refractivity contribution in [3.05, 3.63) is 113 Å². The van der Waals surface area contributed by atoms with Crippen molar-refractivity contribution in [3.8, 4) is 0 Å². The van der Waals surface area contributed by atoms with E-state index in [2.05, 4.69) is 78.9 Å². The minimum atomic E-state index is -0.573. The smallest absolute Gasteiger partial charge is 0.319 e. The van der Waals surface area contributed by atoms with E-state index >= 15 is 0 Å². The number of likely N-dealkylation sites (N-methyl/N-ethyl adjacent to an activating group) is 1. The molecule has 220 valence electrons. The van der Waals surface area contributed by atoms with Crippen molar-refractivity contribution in [2.75, 3.05) is 25.5 Å². The number of nitrogens with zero attached hydrogens (tertiary/aromatic N) is 1. The van der Waals surface area contributed by atoms with Crippen molar-refractivity contribution in [2.45, 2.75) is 51.9 Å². The van der Waals surface area contributed by atoms with Crippen LogP contribution in [0.5, 0.6) is 0 Å². The number of benzene rings is 4. The minimum absolute atomic E-state index is 0.00381. The van der Waals surface area contributed by atoms with Gasteiger partial charge in [0.05, 0.1) is 18.8 Å². The molecule has 1 aliphatic heterocycles. The maximum absolute atomic E-state index is 12.0. The molecular weight excluding hydrogens is 526 g/mol. The van der Waals surface area contributed by atoms with Gasteiger partial charge in [-0.1, -0.05) is 79.7 Å². The molecule has 0 radical (unpaired) electrons. The van der Waals surface area contributed by atoms with E-state index in [0.717, 1.165) is 23.2 Å². The molecule has 4 aromatic carbocycles. The third kappa shape index (κ3) is 6.82. The maximum atomic E-state index is 12.0. The Morgan fingerprint density at radius 1 is 0.929 bits per heavy atom. The highest BCUT2D eigenvalue weighted by atomic mass is 16.7. The first kappa shape index (κ1) is 29.7. The molecule has 1 aliphatic rings. The fourth-order valence-corrected chi connectivity index (χ4v) is 5.55. The van der Waals surface area contributed by atoms with Gasteiger partial charge >= 0.3 is 6.03 Å². The Bertz CT molecular complexity index is 1470. The number of fused-ring (bicyclic) bond motifs is 1. The zero-order valence-corrected chi connectivity index (χ0v) is 24.8. The summed E-state index contributed by atoms with van der Waals surface area (Å²) in [5, 5.41) is 17.6. The lowest BCUT2D eigenvalue weighted by molar-refractivity contribution is -0.276. The van der Waals surface area contributed by atoms with Crippen molar-refractivity contribution in [2.24, 2.45) is 5.92 Å². The van der Waals surface area contributed by atoms with E-state index in [0.29, 0.717) is 12.2 Å². The van der Waals surface area contributed by atoms with Gasteiger partial charge in [-0.3, -0.25) is 4.90 Å². The van der Waals surface area contributed by atoms with Crippen LogP contribution in [0, 0.1) is 5.92 Å². The number of amides is 2. The van der Waals surface area contributed by atoms with Crippen LogP contribution in [0.4, 0.5) is 10.5 Å². The summed E-state index contributed by atoms with van der Waals surface area (Å²) in [7, 11) is 2.15. The van der Waals surface area contributed by atoms with Gasteiger partial charge in [0.15, 0.2) is 6.29 Å². The van der Waals surface area contributed by atoms with Crippen LogP contribution in [0.1, 0.15) is 61.5 Å². The first-order chi connectivity index (χ1) is 20.4. The number of hydrogen-bond donors (Lipinski definition) is 3. The molecule has 0 saturated carbocycles. The molecular formula is C35H41N3O4. The molecule has 0 aromatic heterocycles. The van der Waals surface area contributed by atoms with E-state index in [4.69, 9.17) is 9.47 Å². The van der Waals surface area contributed by atoms with Gasteiger partial charge in [-0.15, -0.1) is 0 Å². The first-order valence-corrected chi connectivity index (χ1v) is 14.7. The zero-order chi connectivity index (χ0) is 29.6. The molecule has 42 heavy (non-hydrogen) atoms. The Morgan fingerprint density at radius 2 is 1.62 bits per heavy atom. The normalized spacial score (nSPS) is 21.3. The van der Waals surface area contributed by atoms with Gasteiger partial charge in [0.25, 0.3) is 0 Å². The highest BCUT2D eigenvalue weighted by molar-refractivity contribution is 5.89. The molecule has 0 aliphatic carbocycles. The fourth-order valence-electron chi connectivity index (χ4n) is 5.55. The van der Waals surface area contributed by atoms with E-state index in [9.17, 15) is 9.90 Å². The molecule has 0 bridgehead atoms. The van der Waals surface area contributed by atoms with Gasteiger partial charge in [0, 0.05) is 36.3 Å². The third-order valence-corrected chi connectivity index (χ3v) is 8.29. The predicted octanol–water partition coefficient (Wildman–Crippen LogP) is 6.96. The van der Waals surface area contributed by atoms with Gasteiger partial charge in [-0.25, -0.2) is 4.79 Å². The van der Waals surface area contributed by atoms with Crippen LogP contribution < -0.4 is 10.6 Å². The number of carbonyl (C=O) groups excluding carboxylic acids is 1. The van der Waals surface area contributed by atoms with Crippen LogP contribution in [0.15, 0.2) is 91.0 Å². The highest BCUT2D eigenvalue weighted by Gasteiger charge is 2.39. The van der Waals surface area contributed by atoms with Gasteiger partial charge in [-0.2, -0.15) is 0 Å². The summed E-state index contributed by atoms with van der Waals surface area (Å²) < 4.78 is 13.3. The van der Waals surface area contributed by atoms with Gasteiger partial charge in [0.2, 0.25) is 0 Å². The predicted molar refractivity (Wildman–Crippen MR) is 167 cm³/mol. The number of aliphatic hydroxyl groups excluding tert-OH is 1. The van der Waals surface area contributed by atoms with Crippen molar-refractivity contribution in [1.29, 1.82) is 0 Å². The van der Waals surface area contributed by atoms with Crippen LogP contribution in [-0.4, -0.2) is 42.3 Å². The largest absolute Gasteiger partial charge is 0.392 e. The number of ether oxygens (including phenoxy) is 2. The number of urea groups is 1. The van der Waals surface area contributed by atoms with Crippen molar-refractivity contribution in [3.63, 3.8) is 0 Å². The molecule has 3 N–H and O–H groups in total. The second-order valence-corrected chi connectivity index (χ2v) is 11.2. The zero-order valence-electron chi connectivity index (χ0n) is 24.8. The fraction of sp³-hybridized carbons (Fsp3) is 0.343. The number of hydrogen-bond acceptors (Lipinski definition) is 5. The van der Waals surface area contributed by atoms with Crippen LogP contribution in [0.3, 0.4) is 0 Å². The Balaban J connectivity index is 1.37. The Morgan fingerprint density at radius 3 is 2.31 bits per heavy atom. The summed E-state index contributed by atoms with van der Waals surface area (Å²) in [6.45, 7) is 7.57. The van der Waals surface area contributed by atoms with E-state index in [1.165, 1.54) is 16.3 Å². The number of aliphatic hydroxyl groups is 1. The SMILES string of the molecule is CCNC(=O)Nc1ccc([C@H]2O[C@@H](CN(C)[C@H](C)c3ccc4ccccc4c3)[C@@H](C)[C@@H](c3ccc(CO)cc3)O2)cc1. The molecule has 7 nitrogen and oxygen atoms in total. The lowest BCUT2D eigenvalue weighted by Gasteiger charge is -2.43. The number of carbonyl (C=O) groups is 1. The molecule has 0 unspecified atom stereocenters. The molecule has 0 spiro atoms. The van der Waals surface area contributed by atoms with Gasteiger partial charge < -0.3 is 25.2 Å². The molecule has 4 aromatic rings. The topological polar surface area (TPSA) is 83.1 Å². The Kier molecular flexibility index (Phi) is 9.55. The van der Waals surface area contributed by atoms with Crippen LogP contribution in [0.25, 0.3) is 10.8 Å². The van der Waals surface area contributed by atoms with Gasteiger partial charge in [0.1, 0.15) is 0 Å². The summed E-state index contributed by atoms with van der Waals surface area (Å²) in [4.78, 5) is 14.3. The standard InChI is InChI=1S/C35H41N3O4/c1-5-36-35(40)37-31-18-16-28(17-19-31)34-41-32(23(2)33(42-34)27-12-10-25(22-39)11-13-27)21-38(4)24(3)29-15-14-26-8-6-7-9-30(26)20-29/h6-20,23-24,32-34,39H,5,21-22H2,1-4H3,(H2,36,37,40)/t23-,24-,32+,33+,34+/m1/s1. The maximum Gasteiger partial charge on any atom is 0.319 e. The van der Waals surface area contributed by atoms with E-state index < -0.39 is 6.29 Å². The summed E-state index contributed by atoms with van der Waals surface area (Å²) in [5.41, 5.74) is 4.77. The third-order valence-electron chi connectivity index (χ3n) is 8.29. The van der Waals surface area contributed by atoms with Crippen molar-refractivity contribution < 1.29 is 19.4 Å². The average Bonchev–Trinajstić information content (AvgIpc) is 3.02. The van der Waals surface area contributed by atoms with Crippen molar-refractivity contribution >= 4 is 22.5 Å².